The van der Waals surface area contributed by atoms with E-state index >= 15 is 0 Å². The Morgan fingerprint density at radius 2 is 2.13 bits per heavy atom. The Bertz CT molecular complexity index is 645. The fraction of sp³-hybridized carbons (Fsp3) is 0.647. The Kier molecular flexibility index (Phi) is 5.14. The van der Waals surface area contributed by atoms with E-state index in [1.807, 2.05) is 0 Å². The highest BCUT2D eigenvalue weighted by molar-refractivity contribution is 7.09. The lowest BCUT2D eigenvalue weighted by atomic mass is 10.3. The molecule has 3 rings (SSSR count). The second kappa shape index (κ2) is 7.11. The molecule has 0 fully saturated rings. The summed E-state index contributed by atoms with van der Waals surface area (Å²) in [5, 5.41) is 3.34. The maximum absolute atomic E-state index is 4.67. The second-order valence-corrected chi connectivity index (χ2v) is 7.77. The molecule has 23 heavy (non-hydrogen) atoms. The maximum atomic E-state index is 4.67. The number of fused-ring (bicyclic) bond motifs is 1. The predicted octanol–water partition coefficient (Wildman–Crippen LogP) is 2.55. The molecular weight excluding hydrogens is 306 g/mol. The molecule has 2 aromatic rings. The summed E-state index contributed by atoms with van der Waals surface area (Å²) >= 11 is 1.74. The summed E-state index contributed by atoms with van der Waals surface area (Å²) in [7, 11) is 2.18. The van der Waals surface area contributed by atoms with Crippen molar-refractivity contribution in [1.82, 2.24) is 24.3 Å². The van der Waals surface area contributed by atoms with Gasteiger partial charge in [0.15, 0.2) is 0 Å². The third-order valence-electron chi connectivity index (χ3n) is 4.66. The summed E-state index contributed by atoms with van der Waals surface area (Å²) in [6.45, 7) is 11.6. The van der Waals surface area contributed by atoms with Gasteiger partial charge in [0.05, 0.1) is 16.4 Å². The van der Waals surface area contributed by atoms with Crippen LogP contribution in [0.15, 0.2) is 11.6 Å². The number of aryl methyl sites for hydroxylation is 1. The molecule has 0 amide bonds. The lowest BCUT2D eigenvalue weighted by Crippen LogP contribution is -2.28. The number of hydrogen-bond donors (Lipinski definition) is 0. The van der Waals surface area contributed by atoms with Crippen molar-refractivity contribution in [3.63, 3.8) is 0 Å². The molecule has 0 aromatic carbocycles. The first-order valence-corrected chi connectivity index (χ1v) is 9.27. The molecule has 2 aromatic heterocycles. The zero-order chi connectivity index (χ0) is 16.4. The monoisotopic (exact) mass is 333 g/mol. The fourth-order valence-corrected chi connectivity index (χ4v) is 3.57. The first-order valence-electron chi connectivity index (χ1n) is 8.40. The molecule has 6 heteroatoms. The highest BCUT2D eigenvalue weighted by Gasteiger charge is 2.19. The third kappa shape index (κ3) is 4.00. The van der Waals surface area contributed by atoms with Gasteiger partial charge in [0.1, 0.15) is 5.82 Å². The Hall–Kier alpha value is -1.24. The van der Waals surface area contributed by atoms with E-state index in [0.717, 1.165) is 44.2 Å². The Labute approximate surface area is 143 Å². The summed E-state index contributed by atoms with van der Waals surface area (Å²) in [5.41, 5.74) is 2.54. The van der Waals surface area contributed by atoms with Crippen LogP contribution >= 0.6 is 11.3 Å². The molecule has 0 saturated carbocycles. The van der Waals surface area contributed by atoms with E-state index < -0.39 is 0 Å². The van der Waals surface area contributed by atoms with E-state index in [-0.39, 0.29) is 0 Å². The van der Waals surface area contributed by atoms with Crippen LogP contribution in [0.3, 0.4) is 0 Å². The molecule has 1 aliphatic rings. The van der Waals surface area contributed by atoms with Crippen molar-refractivity contribution in [3.05, 3.63) is 33.8 Å². The molecule has 5 nitrogen and oxygen atoms in total. The van der Waals surface area contributed by atoms with Gasteiger partial charge in [0.2, 0.25) is 0 Å². The van der Waals surface area contributed by atoms with Crippen LogP contribution in [0, 0.1) is 6.92 Å². The van der Waals surface area contributed by atoms with Crippen molar-refractivity contribution < 1.29 is 0 Å². The van der Waals surface area contributed by atoms with E-state index in [2.05, 4.69) is 63.7 Å². The van der Waals surface area contributed by atoms with Gasteiger partial charge in [0, 0.05) is 56.8 Å². The Balaban J connectivity index is 1.65. The Morgan fingerprint density at radius 1 is 1.30 bits per heavy atom. The smallest absolute Gasteiger partial charge is 0.110 e. The summed E-state index contributed by atoms with van der Waals surface area (Å²) in [5.74, 6) is 1.23. The van der Waals surface area contributed by atoms with Gasteiger partial charge in [-0.15, -0.1) is 11.3 Å². The minimum atomic E-state index is 0.552. The quantitative estimate of drug-likeness (QED) is 0.843. The van der Waals surface area contributed by atoms with Crippen LogP contribution in [0.2, 0.25) is 0 Å². The van der Waals surface area contributed by atoms with Crippen molar-refractivity contribution >= 4 is 11.3 Å². The Morgan fingerprint density at radius 3 is 2.83 bits per heavy atom. The number of hydrogen-bond acceptors (Lipinski definition) is 5. The zero-order valence-electron chi connectivity index (χ0n) is 14.6. The van der Waals surface area contributed by atoms with E-state index in [1.54, 1.807) is 11.3 Å². The highest BCUT2D eigenvalue weighted by Crippen LogP contribution is 2.16. The van der Waals surface area contributed by atoms with Crippen molar-refractivity contribution in [1.29, 1.82) is 0 Å². The van der Waals surface area contributed by atoms with Crippen LogP contribution < -0.4 is 0 Å². The highest BCUT2D eigenvalue weighted by atomic mass is 32.1. The lowest BCUT2D eigenvalue weighted by molar-refractivity contribution is 0.251. The fourth-order valence-electron chi connectivity index (χ4n) is 2.97. The number of thiazole rings is 1. The van der Waals surface area contributed by atoms with E-state index in [0.29, 0.717) is 6.04 Å². The number of imidazole rings is 1. The van der Waals surface area contributed by atoms with Crippen LogP contribution in [0.25, 0.3) is 0 Å². The van der Waals surface area contributed by atoms with E-state index in [4.69, 9.17) is 0 Å². The second-order valence-electron chi connectivity index (χ2n) is 6.71. The third-order valence-corrected chi connectivity index (χ3v) is 5.48. The topological polar surface area (TPSA) is 37.2 Å². The molecule has 0 atom stereocenters. The zero-order valence-corrected chi connectivity index (χ0v) is 15.4. The maximum Gasteiger partial charge on any atom is 0.110 e. The molecule has 126 valence electrons. The number of aromatic nitrogens is 3. The van der Waals surface area contributed by atoms with Crippen molar-refractivity contribution in [2.75, 3.05) is 20.1 Å². The number of nitrogens with zero attached hydrogens (tertiary/aromatic N) is 5. The molecule has 0 bridgehead atoms. The predicted molar refractivity (Wildman–Crippen MR) is 94.7 cm³/mol. The average molecular weight is 334 g/mol. The first kappa shape index (κ1) is 16.6. The van der Waals surface area contributed by atoms with Crippen LogP contribution in [-0.2, 0) is 26.1 Å². The molecule has 0 unspecified atom stereocenters. The first-order chi connectivity index (χ1) is 11.0. The van der Waals surface area contributed by atoms with Crippen molar-refractivity contribution in [3.8, 4) is 0 Å². The minimum Gasteiger partial charge on any atom is -0.329 e. The molecule has 0 aliphatic carbocycles. The lowest BCUT2D eigenvalue weighted by Gasteiger charge is -2.22. The molecule has 0 spiro atoms. The summed E-state index contributed by atoms with van der Waals surface area (Å²) in [4.78, 5) is 14.1. The molecular formula is C17H27N5S. The summed E-state index contributed by atoms with van der Waals surface area (Å²) < 4.78 is 2.42. The summed E-state index contributed by atoms with van der Waals surface area (Å²) in [6.07, 6.45) is 3.09. The normalized spacial score (nSPS) is 16.1. The molecule has 3 heterocycles. The van der Waals surface area contributed by atoms with Gasteiger partial charge in [-0.25, -0.2) is 9.97 Å². The van der Waals surface area contributed by atoms with Crippen molar-refractivity contribution in [2.45, 2.75) is 52.9 Å². The molecule has 0 saturated heterocycles. The largest absolute Gasteiger partial charge is 0.329 e. The molecule has 1 aliphatic heterocycles. The SMILES string of the molecule is Cc1nc(CN2CCc3ncc(CN(C)C(C)C)n3CC2)cs1. The van der Waals surface area contributed by atoms with Crippen LogP contribution in [0.1, 0.15) is 36.1 Å². The van der Waals surface area contributed by atoms with E-state index in [9.17, 15) is 0 Å². The average Bonchev–Trinajstić information content (AvgIpc) is 3.02. The van der Waals surface area contributed by atoms with Gasteiger partial charge < -0.3 is 4.57 Å². The van der Waals surface area contributed by atoms with Gasteiger partial charge in [-0.3, -0.25) is 9.80 Å². The van der Waals surface area contributed by atoms with Crippen molar-refractivity contribution in [2.24, 2.45) is 0 Å². The van der Waals surface area contributed by atoms with E-state index in [1.165, 1.54) is 17.2 Å². The van der Waals surface area contributed by atoms with Gasteiger partial charge in [-0.05, 0) is 27.8 Å². The van der Waals surface area contributed by atoms with Crippen LogP contribution in [0.5, 0.6) is 0 Å². The minimum absolute atomic E-state index is 0.552. The van der Waals surface area contributed by atoms with Gasteiger partial charge >= 0.3 is 0 Å². The molecule has 0 N–H and O–H groups in total. The van der Waals surface area contributed by atoms with Gasteiger partial charge in [0.25, 0.3) is 0 Å². The molecule has 0 radical (unpaired) electrons. The summed E-state index contributed by atoms with van der Waals surface area (Å²) in [6, 6.07) is 0.552. The standard InChI is InChI=1S/C17H27N5S/c1-13(2)20(4)11-16-9-18-17-5-6-21(7-8-22(16)17)10-15-12-23-14(3)19-15/h9,12-13H,5-8,10-11H2,1-4H3. The van der Waals surface area contributed by atoms with Gasteiger partial charge in [-0.2, -0.15) is 0 Å². The van der Waals surface area contributed by atoms with Crippen LogP contribution in [-0.4, -0.2) is 50.5 Å². The van der Waals surface area contributed by atoms with Crippen LogP contribution in [0.4, 0.5) is 0 Å². The number of rotatable bonds is 5. The van der Waals surface area contributed by atoms with Gasteiger partial charge in [-0.1, -0.05) is 0 Å².